The van der Waals surface area contributed by atoms with E-state index in [-0.39, 0.29) is 17.9 Å². The van der Waals surface area contributed by atoms with Crippen LogP contribution in [0.3, 0.4) is 0 Å². The zero-order valence-electron chi connectivity index (χ0n) is 11.5. The van der Waals surface area contributed by atoms with Gasteiger partial charge >= 0.3 is 0 Å². The number of hydrogen-bond donors (Lipinski definition) is 1. The van der Waals surface area contributed by atoms with Gasteiger partial charge in [-0.15, -0.1) is 0 Å². The number of piperazine rings is 1. The minimum atomic E-state index is -0.516. The van der Waals surface area contributed by atoms with E-state index in [1.165, 1.54) is 0 Å². The smallest absolute Gasteiger partial charge is 0.246 e. The molecule has 5 heteroatoms. The van der Waals surface area contributed by atoms with Crippen LogP contribution in [0.25, 0.3) is 0 Å². The van der Waals surface area contributed by atoms with Crippen LogP contribution in [0.15, 0.2) is 0 Å². The van der Waals surface area contributed by atoms with Crippen molar-refractivity contribution in [2.75, 3.05) is 18.6 Å². The van der Waals surface area contributed by atoms with Gasteiger partial charge in [-0.3, -0.25) is 9.59 Å². The minimum Gasteiger partial charge on any atom is -0.342 e. The van der Waals surface area contributed by atoms with Crippen LogP contribution in [0.5, 0.6) is 0 Å². The highest BCUT2D eigenvalue weighted by Gasteiger charge is 2.55. The third kappa shape index (κ3) is 2.16. The van der Waals surface area contributed by atoms with E-state index >= 15 is 0 Å². The van der Waals surface area contributed by atoms with Crippen molar-refractivity contribution in [3.63, 3.8) is 0 Å². The first-order chi connectivity index (χ1) is 9.19. The molecule has 2 aliphatic carbocycles. The Morgan fingerprint density at radius 2 is 2.00 bits per heavy atom. The second-order valence-electron chi connectivity index (χ2n) is 6.01. The Morgan fingerprint density at radius 3 is 2.58 bits per heavy atom. The Kier molecular flexibility index (Phi) is 3.50. The van der Waals surface area contributed by atoms with Crippen molar-refractivity contribution < 1.29 is 9.59 Å². The first-order valence-electron chi connectivity index (χ1n) is 7.30. The van der Waals surface area contributed by atoms with Crippen molar-refractivity contribution in [2.24, 2.45) is 5.92 Å². The average molecular weight is 282 g/mol. The van der Waals surface area contributed by atoms with Crippen LogP contribution in [0, 0.1) is 5.92 Å². The summed E-state index contributed by atoms with van der Waals surface area (Å²) in [6.07, 6.45) is 8.02. The van der Waals surface area contributed by atoms with Gasteiger partial charge in [-0.25, -0.2) is 0 Å². The summed E-state index contributed by atoms with van der Waals surface area (Å²) in [5.41, 5.74) is -0.516. The number of nitrogens with zero attached hydrogens (tertiary/aromatic N) is 1. The highest BCUT2D eigenvalue weighted by Crippen LogP contribution is 2.42. The molecule has 1 spiro atoms. The molecule has 1 heterocycles. The fourth-order valence-corrected chi connectivity index (χ4v) is 3.92. The van der Waals surface area contributed by atoms with Gasteiger partial charge in [0.2, 0.25) is 11.8 Å². The van der Waals surface area contributed by atoms with E-state index in [1.807, 2.05) is 11.2 Å². The van der Waals surface area contributed by atoms with E-state index in [0.717, 1.165) is 50.8 Å². The van der Waals surface area contributed by atoms with E-state index in [1.54, 1.807) is 11.8 Å². The molecule has 1 N–H and O–H groups in total. The highest BCUT2D eigenvalue weighted by atomic mass is 32.2. The van der Waals surface area contributed by atoms with Crippen LogP contribution in [0.4, 0.5) is 0 Å². The molecule has 1 unspecified atom stereocenters. The van der Waals surface area contributed by atoms with Gasteiger partial charge in [0.1, 0.15) is 11.6 Å². The van der Waals surface area contributed by atoms with E-state index < -0.39 is 5.54 Å². The summed E-state index contributed by atoms with van der Waals surface area (Å²) >= 11 is 1.74. The Hall–Kier alpha value is -0.710. The molecule has 1 aliphatic heterocycles. The molecule has 1 atom stereocenters. The van der Waals surface area contributed by atoms with Crippen molar-refractivity contribution in [1.82, 2.24) is 10.2 Å². The second kappa shape index (κ2) is 5.00. The van der Waals surface area contributed by atoms with Crippen molar-refractivity contribution in [1.29, 1.82) is 0 Å². The Labute approximate surface area is 118 Å². The maximum atomic E-state index is 12.7. The predicted molar refractivity (Wildman–Crippen MR) is 75.9 cm³/mol. The molecule has 3 fully saturated rings. The number of thioether (sulfide) groups is 1. The number of rotatable bonds is 4. The van der Waals surface area contributed by atoms with Crippen molar-refractivity contribution in [3.8, 4) is 0 Å². The Morgan fingerprint density at radius 1 is 1.32 bits per heavy atom. The summed E-state index contributed by atoms with van der Waals surface area (Å²) < 4.78 is 0. The van der Waals surface area contributed by atoms with Gasteiger partial charge in [-0.1, -0.05) is 12.8 Å². The summed E-state index contributed by atoms with van der Waals surface area (Å²) in [5.74, 6) is 1.60. The van der Waals surface area contributed by atoms with Crippen molar-refractivity contribution in [2.45, 2.75) is 50.1 Å². The second-order valence-corrected chi connectivity index (χ2v) is 7.00. The fourth-order valence-electron chi connectivity index (χ4n) is 3.55. The molecular formula is C14H22N2O2S. The molecule has 3 rings (SSSR count). The largest absolute Gasteiger partial charge is 0.342 e. The summed E-state index contributed by atoms with van der Waals surface area (Å²) in [6, 6.07) is -0.236. The lowest BCUT2D eigenvalue weighted by Crippen LogP contribution is -2.70. The fraction of sp³-hybridized carbons (Fsp3) is 0.857. The topological polar surface area (TPSA) is 49.4 Å². The van der Waals surface area contributed by atoms with E-state index in [9.17, 15) is 9.59 Å². The Balaban J connectivity index is 1.85. The lowest BCUT2D eigenvalue weighted by atomic mass is 9.88. The number of carbonyl (C=O) groups is 2. The van der Waals surface area contributed by atoms with Crippen molar-refractivity contribution >= 4 is 23.6 Å². The molecule has 4 nitrogen and oxygen atoms in total. The van der Waals surface area contributed by atoms with Crippen LogP contribution in [0.1, 0.15) is 38.5 Å². The summed E-state index contributed by atoms with van der Waals surface area (Å²) in [4.78, 5) is 27.2. The van der Waals surface area contributed by atoms with Crippen molar-refractivity contribution in [3.05, 3.63) is 0 Å². The summed E-state index contributed by atoms with van der Waals surface area (Å²) in [6.45, 7) is 0.719. The number of carbonyl (C=O) groups excluding carboxylic acids is 2. The molecule has 0 aromatic carbocycles. The van der Waals surface area contributed by atoms with Gasteiger partial charge in [0, 0.05) is 12.3 Å². The van der Waals surface area contributed by atoms with E-state index in [2.05, 4.69) is 5.32 Å². The molecule has 1 saturated heterocycles. The summed E-state index contributed by atoms with van der Waals surface area (Å²) in [5, 5.41) is 3.03. The molecule has 0 aromatic rings. The molecule has 0 radical (unpaired) electrons. The van der Waals surface area contributed by atoms with Gasteiger partial charge in [0.05, 0.1) is 0 Å². The van der Waals surface area contributed by atoms with E-state index in [4.69, 9.17) is 0 Å². The van der Waals surface area contributed by atoms with E-state index in [0.29, 0.717) is 5.92 Å². The third-order valence-corrected chi connectivity index (χ3v) is 5.39. The Bertz CT molecular complexity index is 389. The van der Waals surface area contributed by atoms with Gasteiger partial charge in [-0.2, -0.15) is 11.8 Å². The standard InChI is InChI=1S/C14H22N2O2S/c1-19-9-8-16-12(17)11(10-4-5-10)15-13(18)14(16)6-2-3-7-14/h10-11H,2-9H2,1H3,(H,15,18). The van der Waals surface area contributed by atoms with Gasteiger partial charge in [-0.05, 0) is 37.9 Å². The van der Waals surface area contributed by atoms with Crippen LogP contribution in [-0.2, 0) is 9.59 Å². The molecule has 19 heavy (non-hydrogen) atoms. The predicted octanol–water partition coefficient (Wildman–Crippen LogP) is 1.40. The molecule has 0 aromatic heterocycles. The van der Waals surface area contributed by atoms with Gasteiger partial charge in [0.15, 0.2) is 0 Å². The SMILES string of the molecule is CSCCN1C(=O)C(C2CC2)NC(=O)C12CCCC2. The molecular weight excluding hydrogens is 260 g/mol. The van der Waals surface area contributed by atoms with Crippen LogP contribution >= 0.6 is 11.8 Å². The normalized spacial score (nSPS) is 29.9. The number of amides is 2. The zero-order valence-corrected chi connectivity index (χ0v) is 12.3. The monoisotopic (exact) mass is 282 g/mol. The highest BCUT2D eigenvalue weighted by molar-refractivity contribution is 7.98. The molecule has 3 aliphatic rings. The number of hydrogen-bond acceptors (Lipinski definition) is 3. The van der Waals surface area contributed by atoms with Crippen LogP contribution < -0.4 is 5.32 Å². The molecule has 2 saturated carbocycles. The number of nitrogens with one attached hydrogen (secondary N) is 1. The third-order valence-electron chi connectivity index (χ3n) is 4.80. The molecule has 106 valence electrons. The maximum Gasteiger partial charge on any atom is 0.246 e. The zero-order chi connectivity index (χ0) is 13.5. The first kappa shape index (κ1) is 13.3. The van der Waals surface area contributed by atoms with Gasteiger partial charge in [0.25, 0.3) is 0 Å². The minimum absolute atomic E-state index is 0.114. The first-order valence-corrected chi connectivity index (χ1v) is 8.70. The molecule has 2 amide bonds. The quantitative estimate of drug-likeness (QED) is 0.848. The maximum absolute atomic E-state index is 12.7. The van der Waals surface area contributed by atoms with Crippen LogP contribution in [0.2, 0.25) is 0 Å². The molecule has 0 bridgehead atoms. The van der Waals surface area contributed by atoms with Gasteiger partial charge < -0.3 is 10.2 Å². The lowest BCUT2D eigenvalue weighted by molar-refractivity contribution is -0.157. The lowest BCUT2D eigenvalue weighted by Gasteiger charge is -2.46. The average Bonchev–Trinajstić information content (AvgIpc) is 3.13. The summed E-state index contributed by atoms with van der Waals surface area (Å²) in [7, 11) is 0. The van der Waals surface area contributed by atoms with Crippen LogP contribution in [-0.4, -0.2) is 46.8 Å².